The molecule has 2 N–H and O–H groups in total. The molecule has 27 heavy (non-hydrogen) atoms. The molecule has 0 fully saturated rings. The molecular weight excluding hydrogens is 358 g/mol. The zero-order chi connectivity index (χ0) is 19.0. The Bertz CT molecular complexity index is 1020. The summed E-state index contributed by atoms with van der Waals surface area (Å²) in [6.45, 7) is 4.14. The van der Waals surface area contributed by atoms with Gasteiger partial charge in [-0.2, -0.15) is 5.10 Å². The largest absolute Gasteiger partial charge is 0.478 e. The van der Waals surface area contributed by atoms with Crippen molar-refractivity contribution in [2.24, 2.45) is 5.10 Å². The van der Waals surface area contributed by atoms with E-state index in [0.717, 1.165) is 27.7 Å². The topological polar surface area (TPSA) is 66.6 Å². The van der Waals surface area contributed by atoms with Crippen molar-refractivity contribution in [3.8, 4) is 5.69 Å². The van der Waals surface area contributed by atoms with Gasteiger partial charge in [-0.1, -0.05) is 42.1 Å². The monoisotopic (exact) mass is 377 g/mol. The van der Waals surface area contributed by atoms with Crippen molar-refractivity contribution in [2.45, 2.75) is 19.2 Å². The lowest BCUT2D eigenvalue weighted by molar-refractivity contribution is 0.0697. The Morgan fingerprint density at radius 3 is 2.48 bits per heavy atom. The fourth-order valence-electron chi connectivity index (χ4n) is 3.33. The number of aromatic carboxylic acids is 1. The summed E-state index contributed by atoms with van der Waals surface area (Å²) in [5, 5.41) is 14.6. The van der Waals surface area contributed by atoms with Crippen molar-refractivity contribution in [3.63, 3.8) is 0 Å². The number of rotatable bonds is 4. The van der Waals surface area contributed by atoms with Crippen LogP contribution in [0, 0.1) is 13.8 Å². The van der Waals surface area contributed by atoms with E-state index in [1.807, 2.05) is 30.3 Å². The van der Waals surface area contributed by atoms with Crippen molar-refractivity contribution >= 4 is 22.8 Å². The van der Waals surface area contributed by atoms with Crippen molar-refractivity contribution in [1.82, 2.24) is 9.99 Å². The molecule has 4 rings (SSSR count). The van der Waals surface area contributed by atoms with E-state index in [-0.39, 0.29) is 10.9 Å². The van der Waals surface area contributed by atoms with Crippen LogP contribution in [-0.2, 0) is 0 Å². The second kappa shape index (κ2) is 6.96. The number of aryl methyl sites for hydroxylation is 1. The Morgan fingerprint density at radius 1 is 1.11 bits per heavy atom. The Kier molecular flexibility index (Phi) is 4.49. The van der Waals surface area contributed by atoms with Gasteiger partial charge in [-0.3, -0.25) is 5.43 Å². The average molecular weight is 377 g/mol. The third-order valence-corrected chi connectivity index (χ3v) is 5.80. The number of carboxylic acid groups (broad SMARTS) is 1. The lowest BCUT2D eigenvalue weighted by atomic mass is 10.2. The molecule has 1 aliphatic rings. The van der Waals surface area contributed by atoms with Crippen LogP contribution >= 0.6 is 11.8 Å². The van der Waals surface area contributed by atoms with Gasteiger partial charge in [-0.05, 0) is 44.2 Å². The Balaban J connectivity index is 1.61. The zero-order valence-corrected chi connectivity index (χ0v) is 15.8. The van der Waals surface area contributed by atoms with Crippen molar-refractivity contribution in [2.75, 3.05) is 0 Å². The molecule has 2 aromatic carbocycles. The Hall–Kier alpha value is -2.99. The quantitative estimate of drug-likeness (QED) is 0.703. The molecule has 136 valence electrons. The molecule has 0 amide bonds. The van der Waals surface area contributed by atoms with Crippen LogP contribution in [0.1, 0.15) is 38.2 Å². The number of hydrogen-bond donors (Lipinski definition) is 2. The van der Waals surface area contributed by atoms with Gasteiger partial charge in [0.2, 0.25) is 0 Å². The summed E-state index contributed by atoms with van der Waals surface area (Å²) in [4.78, 5) is 11.1. The number of carboxylic acids is 1. The molecule has 1 aromatic heterocycles. The van der Waals surface area contributed by atoms with Crippen LogP contribution in [0.3, 0.4) is 0 Å². The molecule has 2 heterocycles. The lowest BCUT2D eigenvalue weighted by Gasteiger charge is -2.13. The van der Waals surface area contributed by atoms with E-state index in [4.69, 9.17) is 5.11 Å². The van der Waals surface area contributed by atoms with Crippen LogP contribution < -0.4 is 5.43 Å². The lowest BCUT2D eigenvalue weighted by Crippen LogP contribution is -2.08. The number of aromatic nitrogens is 1. The van der Waals surface area contributed by atoms with Crippen molar-refractivity contribution in [3.05, 3.63) is 88.7 Å². The highest BCUT2D eigenvalue weighted by Crippen LogP contribution is 2.37. The van der Waals surface area contributed by atoms with Crippen LogP contribution in [0.2, 0.25) is 0 Å². The highest BCUT2D eigenvalue weighted by Gasteiger charge is 2.26. The first-order valence-corrected chi connectivity index (χ1v) is 9.50. The van der Waals surface area contributed by atoms with Gasteiger partial charge in [0.25, 0.3) is 0 Å². The maximum atomic E-state index is 11.1. The van der Waals surface area contributed by atoms with E-state index in [1.54, 1.807) is 23.9 Å². The highest BCUT2D eigenvalue weighted by molar-refractivity contribution is 8.14. The number of hydrazone groups is 1. The fraction of sp³-hybridized carbons (Fsp3) is 0.143. The van der Waals surface area contributed by atoms with Crippen LogP contribution in [0.5, 0.6) is 0 Å². The van der Waals surface area contributed by atoms with E-state index in [1.165, 1.54) is 5.56 Å². The minimum atomic E-state index is -0.916. The van der Waals surface area contributed by atoms with E-state index in [2.05, 4.69) is 47.1 Å². The zero-order valence-electron chi connectivity index (χ0n) is 15.0. The van der Waals surface area contributed by atoms with Gasteiger partial charge in [0.05, 0.1) is 5.56 Å². The van der Waals surface area contributed by atoms with Gasteiger partial charge in [0.1, 0.15) is 10.4 Å². The van der Waals surface area contributed by atoms with E-state index >= 15 is 0 Å². The van der Waals surface area contributed by atoms with Gasteiger partial charge in [-0.15, -0.1) is 0 Å². The molecule has 5 nitrogen and oxygen atoms in total. The average Bonchev–Trinajstić information content (AvgIpc) is 3.27. The van der Waals surface area contributed by atoms with Crippen LogP contribution in [0.25, 0.3) is 5.69 Å². The maximum absolute atomic E-state index is 11.1. The molecule has 1 atom stereocenters. The second-order valence-corrected chi connectivity index (χ2v) is 7.52. The van der Waals surface area contributed by atoms with Crippen molar-refractivity contribution < 1.29 is 9.90 Å². The predicted octanol–water partition coefficient (Wildman–Crippen LogP) is 4.49. The summed E-state index contributed by atoms with van der Waals surface area (Å²) < 4.78 is 2.14. The minimum Gasteiger partial charge on any atom is -0.478 e. The summed E-state index contributed by atoms with van der Waals surface area (Å²) in [6, 6.07) is 19.3. The van der Waals surface area contributed by atoms with Gasteiger partial charge >= 0.3 is 5.97 Å². The first-order valence-electron chi connectivity index (χ1n) is 8.62. The number of hydrogen-bond acceptors (Lipinski definition) is 4. The standard InChI is InChI=1S/C21H19N3O2S/c1-13-12-18(20-23-22-19(27-20)15-6-4-3-5-7-15)14(2)24(13)17-10-8-16(9-11-17)21(25)26/h3-12,20,23H,1-2H3,(H,25,26). The van der Waals surface area contributed by atoms with E-state index in [9.17, 15) is 4.79 Å². The molecule has 0 spiro atoms. The Morgan fingerprint density at radius 2 is 1.81 bits per heavy atom. The SMILES string of the molecule is Cc1cc(C2NN=C(c3ccccc3)S2)c(C)n1-c1ccc(C(=O)O)cc1. The summed E-state index contributed by atoms with van der Waals surface area (Å²) in [7, 11) is 0. The number of nitrogens with zero attached hydrogens (tertiary/aromatic N) is 2. The smallest absolute Gasteiger partial charge is 0.335 e. The van der Waals surface area contributed by atoms with Crippen LogP contribution in [0.4, 0.5) is 0 Å². The second-order valence-electron chi connectivity index (χ2n) is 6.42. The molecule has 0 bridgehead atoms. The summed E-state index contributed by atoms with van der Waals surface area (Å²) in [5.41, 5.74) is 8.97. The highest BCUT2D eigenvalue weighted by atomic mass is 32.2. The molecule has 3 aromatic rings. The van der Waals surface area contributed by atoms with Crippen LogP contribution in [0.15, 0.2) is 65.8 Å². The molecule has 0 aliphatic carbocycles. The molecule has 6 heteroatoms. The first kappa shape index (κ1) is 17.4. The molecule has 0 radical (unpaired) electrons. The third kappa shape index (κ3) is 3.24. The number of nitrogens with one attached hydrogen (secondary N) is 1. The van der Waals surface area contributed by atoms with E-state index in [0.29, 0.717) is 0 Å². The third-order valence-electron chi connectivity index (χ3n) is 4.66. The fourth-order valence-corrected chi connectivity index (χ4v) is 4.40. The van der Waals surface area contributed by atoms with E-state index < -0.39 is 5.97 Å². The molecule has 0 saturated heterocycles. The predicted molar refractivity (Wildman–Crippen MR) is 109 cm³/mol. The minimum absolute atomic E-state index is 0.0541. The number of carbonyl (C=O) groups is 1. The van der Waals surface area contributed by atoms with Gasteiger partial charge < -0.3 is 9.67 Å². The van der Waals surface area contributed by atoms with Gasteiger partial charge in [0.15, 0.2) is 0 Å². The van der Waals surface area contributed by atoms with Crippen molar-refractivity contribution in [1.29, 1.82) is 0 Å². The summed E-state index contributed by atoms with van der Waals surface area (Å²) in [5.74, 6) is -0.916. The summed E-state index contributed by atoms with van der Waals surface area (Å²) in [6.07, 6.45) is 0. The maximum Gasteiger partial charge on any atom is 0.335 e. The number of thioether (sulfide) groups is 1. The first-order chi connectivity index (χ1) is 13.0. The molecule has 0 saturated carbocycles. The molecular formula is C21H19N3O2S. The molecule has 1 aliphatic heterocycles. The summed E-state index contributed by atoms with van der Waals surface area (Å²) >= 11 is 1.70. The van der Waals surface area contributed by atoms with Gasteiger partial charge in [-0.25, -0.2) is 4.79 Å². The molecule has 1 unspecified atom stereocenters. The van der Waals surface area contributed by atoms with Crippen LogP contribution in [-0.4, -0.2) is 20.7 Å². The Labute approximate surface area is 161 Å². The van der Waals surface area contributed by atoms with Gasteiger partial charge in [0, 0.05) is 28.2 Å². The normalized spacial score (nSPS) is 16.1. The number of benzene rings is 2.